The maximum Gasteiger partial charge on any atom is 0.330 e. The van der Waals surface area contributed by atoms with E-state index in [0.29, 0.717) is 11.5 Å². The highest BCUT2D eigenvalue weighted by Gasteiger charge is 2.23. The second-order valence-electron chi connectivity index (χ2n) is 7.87. The van der Waals surface area contributed by atoms with Crippen molar-refractivity contribution in [3.05, 3.63) is 72.3 Å². The average Bonchev–Trinajstić information content (AvgIpc) is 2.83. The second kappa shape index (κ2) is 12.6. The summed E-state index contributed by atoms with van der Waals surface area (Å²) in [5.41, 5.74) is 1.82. The minimum Gasteiger partial charge on any atom is -0.491 e. The Hall–Kier alpha value is -3.36. The minimum absolute atomic E-state index is 0.00933. The molecule has 0 heterocycles. The summed E-state index contributed by atoms with van der Waals surface area (Å²) in [6, 6.07) is 15.1. The minimum atomic E-state index is -0.940. The van der Waals surface area contributed by atoms with Gasteiger partial charge in [-0.05, 0) is 35.4 Å². The molecule has 2 unspecified atom stereocenters. The zero-order valence-corrected chi connectivity index (χ0v) is 18.8. The molecule has 2 rings (SSSR count). The summed E-state index contributed by atoms with van der Waals surface area (Å²) in [7, 11) is 0. The topological polar surface area (TPSA) is 112 Å². The summed E-state index contributed by atoms with van der Waals surface area (Å²) in [6.07, 6.45) is -0.799. The lowest BCUT2D eigenvalue weighted by molar-refractivity contribution is -0.141. The van der Waals surface area contributed by atoms with Crippen LogP contribution in [0.25, 0.3) is 0 Å². The molecule has 2 aromatic carbocycles. The van der Waals surface area contributed by atoms with Crippen LogP contribution in [0.1, 0.15) is 25.0 Å². The van der Waals surface area contributed by atoms with E-state index < -0.39 is 18.2 Å². The van der Waals surface area contributed by atoms with Crippen LogP contribution >= 0.6 is 0 Å². The number of rotatable bonds is 14. The van der Waals surface area contributed by atoms with Gasteiger partial charge in [-0.1, -0.05) is 44.7 Å². The van der Waals surface area contributed by atoms with Crippen LogP contribution in [0.2, 0.25) is 0 Å². The highest BCUT2D eigenvalue weighted by Crippen LogP contribution is 2.33. The van der Waals surface area contributed by atoms with Gasteiger partial charge in [0.15, 0.2) is 0 Å². The van der Waals surface area contributed by atoms with Gasteiger partial charge in [0.1, 0.15) is 50.1 Å². The van der Waals surface area contributed by atoms with Crippen molar-refractivity contribution < 1.29 is 38.7 Å². The molecule has 0 fully saturated rings. The molecular formula is C25H30O8. The lowest BCUT2D eigenvalue weighted by Gasteiger charge is -2.26. The summed E-state index contributed by atoms with van der Waals surface area (Å²) in [6.45, 7) is 7.49. The van der Waals surface area contributed by atoms with E-state index in [2.05, 4.69) is 25.2 Å². The van der Waals surface area contributed by atoms with Crippen LogP contribution in [0.4, 0.5) is 0 Å². The van der Waals surface area contributed by atoms with Crippen molar-refractivity contribution in [1.82, 2.24) is 0 Å². The Morgan fingerprint density at radius 2 is 1.33 bits per heavy atom. The highest BCUT2D eigenvalue weighted by molar-refractivity contribution is 5.81. The lowest BCUT2D eigenvalue weighted by Crippen LogP contribution is -2.24. The van der Waals surface area contributed by atoms with Crippen LogP contribution in [-0.4, -0.2) is 61.3 Å². The van der Waals surface area contributed by atoms with Crippen molar-refractivity contribution in [3.63, 3.8) is 0 Å². The zero-order valence-electron chi connectivity index (χ0n) is 18.8. The van der Waals surface area contributed by atoms with Crippen molar-refractivity contribution >= 4 is 12.4 Å². The summed E-state index contributed by atoms with van der Waals surface area (Å²) in [5.74, 6) is 0.590. The number of aliphatic hydroxyl groups is 2. The molecule has 0 amide bonds. The molecule has 0 aliphatic rings. The van der Waals surface area contributed by atoms with Crippen molar-refractivity contribution in [2.45, 2.75) is 31.5 Å². The van der Waals surface area contributed by atoms with Gasteiger partial charge in [-0.3, -0.25) is 4.79 Å². The van der Waals surface area contributed by atoms with Gasteiger partial charge in [0.05, 0.1) is 0 Å². The van der Waals surface area contributed by atoms with Gasteiger partial charge in [-0.25, -0.2) is 4.79 Å². The molecule has 8 heteroatoms. The molecule has 2 N–H and O–H groups in total. The van der Waals surface area contributed by atoms with Gasteiger partial charge in [0, 0.05) is 11.5 Å². The summed E-state index contributed by atoms with van der Waals surface area (Å²) < 4.78 is 20.4. The number of carbonyl (C=O) groups is 2. The Kier molecular flexibility index (Phi) is 9.90. The van der Waals surface area contributed by atoms with Crippen molar-refractivity contribution in [2.75, 3.05) is 26.4 Å². The second-order valence-corrected chi connectivity index (χ2v) is 7.87. The summed E-state index contributed by atoms with van der Waals surface area (Å²) in [4.78, 5) is 21.2. The van der Waals surface area contributed by atoms with Gasteiger partial charge >= 0.3 is 5.97 Å². The molecule has 33 heavy (non-hydrogen) atoms. The van der Waals surface area contributed by atoms with Crippen LogP contribution in [0.5, 0.6) is 11.5 Å². The molecule has 2 atom stereocenters. The SMILES string of the molecule is C=CC(=O)OCC(O)COc1ccc(C(C)(C)c2ccc(OCC(O)COC=O)cc2)cc1. The summed E-state index contributed by atoms with van der Waals surface area (Å²) >= 11 is 0. The fraction of sp³-hybridized carbons (Fsp3) is 0.360. The Balaban J connectivity index is 1.91. The predicted molar refractivity (Wildman–Crippen MR) is 121 cm³/mol. The molecule has 0 bridgehead atoms. The van der Waals surface area contributed by atoms with E-state index in [1.54, 1.807) is 0 Å². The highest BCUT2D eigenvalue weighted by atomic mass is 16.5. The van der Waals surface area contributed by atoms with Crippen LogP contribution < -0.4 is 9.47 Å². The quantitative estimate of drug-likeness (QED) is 0.252. The molecule has 0 aromatic heterocycles. The van der Waals surface area contributed by atoms with Gasteiger partial charge in [0.2, 0.25) is 0 Å². The molecule has 0 saturated heterocycles. The third-order valence-electron chi connectivity index (χ3n) is 4.98. The molecule has 0 aliphatic carbocycles. The Bertz CT molecular complexity index is 890. The van der Waals surface area contributed by atoms with E-state index >= 15 is 0 Å². The first-order valence-corrected chi connectivity index (χ1v) is 10.4. The molecule has 178 valence electrons. The number of aliphatic hydroxyl groups excluding tert-OH is 2. The molecule has 8 nitrogen and oxygen atoms in total. The molecule has 0 saturated carbocycles. The predicted octanol–water partition coefficient (Wildman–Crippen LogP) is 2.39. The number of ether oxygens (including phenoxy) is 4. The van der Waals surface area contributed by atoms with Crippen molar-refractivity contribution in [2.24, 2.45) is 0 Å². The normalized spacial score (nSPS) is 12.8. The van der Waals surface area contributed by atoms with Crippen LogP contribution in [-0.2, 0) is 24.5 Å². The first-order valence-electron chi connectivity index (χ1n) is 10.4. The van der Waals surface area contributed by atoms with Gasteiger partial charge in [-0.2, -0.15) is 0 Å². The lowest BCUT2D eigenvalue weighted by atomic mass is 9.78. The van der Waals surface area contributed by atoms with E-state index in [1.807, 2.05) is 48.5 Å². The molecule has 0 spiro atoms. The van der Waals surface area contributed by atoms with Crippen LogP contribution in [0.3, 0.4) is 0 Å². The van der Waals surface area contributed by atoms with Crippen molar-refractivity contribution in [1.29, 1.82) is 0 Å². The van der Waals surface area contributed by atoms with Crippen LogP contribution in [0.15, 0.2) is 61.2 Å². The van der Waals surface area contributed by atoms with Gasteiger partial charge in [0.25, 0.3) is 6.47 Å². The van der Waals surface area contributed by atoms with E-state index in [1.165, 1.54) is 0 Å². The van der Waals surface area contributed by atoms with Gasteiger partial charge < -0.3 is 29.2 Å². The maximum atomic E-state index is 11.0. The number of hydrogen-bond donors (Lipinski definition) is 2. The van der Waals surface area contributed by atoms with E-state index in [9.17, 15) is 19.8 Å². The third-order valence-corrected chi connectivity index (χ3v) is 4.98. The van der Waals surface area contributed by atoms with E-state index in [4.69, 9.17) is 14.2 Å². The third kappa shape index (κ3) is 8.25. The van der Waals surface area contributed by atoms with Crippen LogP contribution in [0, 0.1) is 0 Å². The smallest absolute Gasteiger partial charge is 0.330 e. The molecule has 0 aliphatic heterocycles. The van der Waals surface area contributed by atoms with Gasteiger partial charge in [-0.15, -0.1) is 0 Å². The number of benzene rings is 2. The number of hydrogen-bond acceptors (Lipinski definition) is 8. The fourth-order valence-electron chi connectivity index (χ4n) is 2.97. The maximum absolute atomic E-state index is 11.0. The largest absolute Gasteiger partial charge is 0.491 e. The molecular weight excluding hydrogens is 428 g/mol. The van der Waals surface area contributed by atoms with E-state index in [0.717, 1.165) is 17.2 Å². The van der Waals surface area contributed by atoms with E-state index in [-0.39, 0.29) is 38.3 Å². The standard InChI is InChI=1S/C25H30O8/c1-4-24(29)33-16-21(28)15-32-23-11-7-19(8-12-23)25(2,3)18-5-9-22(10-6-18)31-14-20(27)13-30-17-26/h4-12,17,20-21,27-28H,1,13-16H2,2-3H3. The zero-order chi connectivity index (χ0) is 24.3. The number of carbonyl (C=O) groups excluding carboxylic acids is 2. The Labute approximate surface area is 193 Å². The summed E-state index contributed by atoms with van der Waals surface area (Å²) in [5, 5.41) is 19.5. The fourth-order valence-corrected chi connectivity index (χ4v) is 2.97. The monoisotopic (exact) mass is 458 g/mol. The van der Waals surface area contributed by atoms with Crippen molar-refractivity contribution in [3.8, 4) is 11.5 Å². The number of esters is 1. The first kappa shape index (κ1) is 25.9. The average molecular weight is 459 g/mol. The first-order chi connectivity index (χ1) is 15.8. The molecule has 0 radical (unpaired) electrons. The Morgan fingerprint density at radius 3 is 1.76 bits per heavy atom. The Morgan fingerprint density at radius 1 is 0.879 bits per heavy atom. The molecule has 2 aromatic rings.